The van der Waals surface area contributed by atoms with Crippen molar-refractivity contribution in [3.63, 3.8) is 0 Å². The second-order valence-corrected chi connectivity index (χ2v) is 15.5. The zero-order valence-electron chi connectivity index (χ0n) is 30.5. The van der Waals surface area contributed by atoms with Gasteiger partial charge < -0.3 is 4.57 Å². The number of fused-ring (bicyclic) bond motifs is 10. The highest BCUT2D eigenvalue weighted by molar-refractivity contribution is 7.26. The summed E-state index contributed by atoms with van der Waals surface area (Å²) < 4.78 is 7.15. The summed E-state index contributed by atoms with van der Waals surface area (Å²) in [6, 6.07) is 66.7. The molecule has 0 unspecified atom stereocenters. The van der Waals surface area contributed by atoms with Gasteiger partial charge in [0.15, 0.2) is 11.6 Å². The monoisotopic (exact) mass is 745 g/mol. The smallest absolute Gasteiger partial charge is 0.238 e. The Labute approximate surface area is 331 Å². The van der Waals surface area contributed by atoms with E-state index in [4.69, 9.17) is 15.0 Å². The van der Waals surface area contributed by atoms with E-state index in [0.29, 0.717) is 17.6 Å². The number of hydrogen-bond acceptors (Lipinski definition) is 4. The molecule has 4 heterocycles. The van der Waals surface area contributed by atoms with Crippen molar-refractivity contribution in [2.45, 2.75) is 0 Å². The Morgan fingerprint density at radius 3 is 1.68 bits per heavy atom. The molecular weight excluding hydrogens is 715 g/mol. The summed E-state index contributed by atoms with van der Waals surface area (Å²) in [4.78, 5) is 15.5. The second-order valence-electron chi connectivity index (χ2n) is 14.4. The first-order chi connectivity index (χ1) is 28.3. The Bertz CT molecular complexity index is 3450. The average Bonchev–Trinajstić information content (AvgIpc) is 3.94. The van der Waals surface area contributed by atoms with Gasteiger partial charge in [-0.2, -0.15) is 9.97 Å². The summed E-state index contributed by atoms with van der Waals surface area (Å²) in [6.07, 6.45) is 0. The number of thiophene rings is 1. The third-order valence-corrected chi connectivity index (χ3v) is 12.4. The first-order valence-corrected chi connectivity index (χ1v) is 19.9. The molecule has 0 aliphatic carbocycles. The molecule has 4 aromatic heterocycles. The molecule has 5 nitrogen and oxygen atoms in total. The summed E-state index contributed by atoms with van der Waals surface area (Å²) in [5.41, 5.74) is 9.78. The van der Waals surface area contributed by atoms with Gasteiger partial charge in [0.05, 0.1) is 22.1 Å². The van der Waals surface area contributed by atoms with E-state index >= 15 is 0 Å². The fraction of sp³-hybridized carbons (Fsp3) is 0. The van der Waals surface area contributed by atoms with E-state index < -0.39 is 0 Å². The van der Waals surface area contributed by atoms with E-state index in [0.717, 1.165) is 44.4 Å². The molecule has 0 saturated heterocycles. The van der Waals surface area contributed by atoms with Crippen LogP contribution < -0.4 is 0 Å². The first kappa shape index (κ1) is 31.9. The van der Waals surface area contributed by atoms with Crippen molar-refractivity contribution in [1.82, 2.24) is 24.1 Å². The maximum absolute atomic E-state index is 5.25. The lowest BCUT2D eigenvalue weighted by atomic mass is 10.0. The van der Waals surface area contributed by atoms with Gasteiger partial charge in [0.25, 0.3) is 0 Å². The summed E-state index contributed by atoms with van der Waals surface area (Å²) >= 11 is 1.85. The Hall–Kier alpha value is -7.41. The lowest BCUT2D eigenvalue weighted by Crippen LogP contribution is -2.06. The highest BCUT2D eigenvalue weighted by Crippen LogP contribution is 2.44. The normalized spacial score (nSPS) is 11.9. The number of nitrogens with zero attached hydrogens (tertiary/aromatic N) is 5. The number of rotatable bonds is 5. The van der Waals surface area contributed by atoms with Crippen molar-refractivity contribution in [3.8, 4) is 45.5 Å². The lowest BCUT2D eigenvalue weighted by Gasteiger charge is -2.11. The van der Waals surface area contributed by atoms with Crippen LogP contribution in [-0.4, -0.2) is 24.1 Å². The molecule has 0 amide bonds. The van der Waals surface area contributed by atoms with E-state index in [1.165, 1.54) is 47.4 Å². The first-order valence-electron chi connectivity index (χ1n) is 19.1. The van der Waals surface area contributed by atoms with Gasteiger partial charge in [0.2, 0.25) is 5.95 Å². The summed E-state index contributed by atoms with van der Waals surface area (Å²) in [7, 11) is 0. The molecule has 0 saturated carbocycles. The molecule has 57 heavy (non-hydrogen) atoms. The zero-order valence-corrected chi connectivity index (χ0v) is 31.4. The van der Waals surface area contributed by atoms with Crippen LogP contribution >= 0.6 is 11.3 Å². The largest absolute Gasteiger partial charge is 0.309 e. The van der Waals surface area contributed by atoms with Crippen LogP contribution in [0.2, 0.25) is 0 Å². The molecule has 0 atom stereocenters. The molecule has 0 aliphatic rings. The topological polar surface area (TPSA) is 48.5 Å². The van der Waals surface area contributed by atoms with Crippen molar-refractivity contribution < 1.29 is 0 Å². The summed E-state index contributed by atoms with van der Waals surface area (Å²) in [5.74, 6) is 1.85. The molecule has 0 radical (unpaired) electrons. The Kier molecular flexibility index (Phi) is 7.03. The van der Waals surface area contributed by atoms with Crippen LogP contribution in [0.1, 0.15) is 0 Å². The van der Waals surface area contributed by atoms with Crippen molar-refractivity contribution in [3.05, 3.63) is 188 Å². The minimum Gasteiger partial charge on any atom is -0.309 e. The van der Waals surface area contributed by atoms with Gasteiger partial charge in [-0.05, 0) is 59.7 Å². The zero-order chi connectivity index (χ0) is 37.5. The van der Waals surface area contributed by atoms with Crippen LogP contribution in [0.4, 0.5) is 0 Å². The van der Waals surface area contributed by atoms with E-state index in [1.807, 2.05) is 47.7 Å². The lowest BCUT2D eigenvalue weighted by molar-refractivity contribution is 0.954. The van der Waals surface area contributed by atoms with Gasteiger partial charge in [-0.3, -0.25) is 4.57 Å². The maximum Gasteiger partial charge on any atom is 0.238 e. The number of benzene rings is 8. The van der Waals surface area contributed by atoms with Crippen LogP contribution in [0, 0.1) is 0 Å². The van der Waals surface area contributed by atoms with Gasteiger partial charge in [-0.1, -0.05) is 140 Å². The molecule has 0 aliphatic heterocycles. The van der Waals surface area contributed by atoms with Gasteiger partial charge in [-0.25, -0.2) is 4.98 Å². The highest BCUT2D eigenvalue weighted by Gasteiger charge is 2.22. The number of aromatic nitrogens is 5. The van der Waals surface area contributed by atoms with E-state index in [2.05, 4.69) is 161 Å². The Morgan fingerprint density at radius 1 is 0.351 bits per heavy atom. The van der Waals surface area contributed by atoms with Crippen molar-refractivity contribution in [1.29, 1.82) is 0 Å². The van der Waals surface area contributed by atoms with Crippen LogP contribution in [-0.2, 0) is 0 Å². The predicted molar refractivity (Wildman–Crippen MR) is 238 cm³/mol. The molecule has 12 aromatic rings. The van der Waals surface area contributed by atoms with Crippen LogP contribution in [0.25, 0.3) is 109 Å². The van der Waals surface area contributed by atoms with E-state index in [9.17, 15) is 0 Å². The highest BCUT2D eigenvalue weighted by atomic mass is 32.1. The van der Waals surface area contributed by atoms with Crippen molar-refractivity contribution in [2.24, 2.45) is 0 Å². The molecular formula is C51H31N5S. The second kappa shape index (κ2) is 12.6. The van der Waals surface area contributed by atoms with E-state index in [-0.39, 0.29) is 0 Å². The van der Waals surface area contributed by atoms with Crippen LogP contribution in [0.5, 0.6) is 0 Å². The fourth-order valence-electron chi connectivity index (χ4n) is 8.58. The van der Waals surface area contributed by atoms with Crippen molar-refractivity contribution >= 4 is 75.1 Å². The molecule has 6 heteroatoms. The Morgan fingerprint density at radius 2 is 0.930 bits per heavy atom. The third-order valence-electron chi connectivity index (χ3n) is 11.2. The van der Waals surface area contributed by atoms with Crippen LogP contribution in [0.15, 0.2) is 188 Å². The average molecular weight is 746 g/mol. The summed E-state index contributed by atoms with van der Waals surface area (Å²) in [5, 5.41) is 7.36. The van der Waals surface area contributed by atoms with Crippen LogP contribution in [0.3, 0.4) is 0 Å². The quantitative estimate of drug-likeness (QED) is 0.176. The van der Waals surface area contributed by atoms with Gasteiger partial charge >= 0.3 is 0 Å². The molecule has 0 spiro atoms. The third kappa shape index (κ3) is 4.98. The molecule has 0 bridgehead atoms. The van der Waals surface area contributed by atoms with E-state index in [1.54, 1.807) is 0 Å². The molecule has 0 N–H and O–H groups in total. The van der Waals surface area contributed by atoms with Gasteiger partial charge in [-0.15, -0.1) is 11.3 Å². The number of hydrogen-bond donors (Lipinski definition) is 0. The fourth-order valence-corrected chi connectivity index (χ4v) is 9.84. The van der Waals surface area contributed by atoms with Gasteiger partial charge in [0, 0.05) is 58.5 Å². The Balaban J connectivity index is 1.15. The SMILES string of the molecule is c1ccc(-c2nc(-c3ccccc3)nc(-n3c4cc(-c5ccc6c(c5)c5ccccc5n6-c5ccccc5)ccc4c4c5sc6ccccc6c5ccc43)n2)cc1. The summed E-state index contributed by atoms with van der Waals surface area (Å²) in [6.45, 7) is 0. The van der Waals surface area contributed by atoms with Gasteiger partial charge in [0.1, 0.15) is 0 Å². The molecule has 8 aromatic carbocycles. The number of para-hydroxylation sites is 2. The molecule has 266 valence electrons. The minimum absolute atomic E-state index is 0.585. The predicted octanol–water partition coefficient (Wildman–Crippen LogP) is 13.4. The molecule has 0 fully saturated rings. The molecule has 12 rings (SSSR count). The minimum atomic E-state index is 0.585. The standard InChI is InChI=1S/C51H31N5S/c1-4-14-32(15-5-1)49-52-50(33-16-6-2-7-17-33)54-51(53-49)56-44-29-27-39-38-21-11-13-23-46(38)57-48(39)47(44)40-26-24-35(31-45(40)56)34-25-28-43-41(30-34)37-20-10-12-22-42(37)55(43)36-18-8-3-9-19-36/h1-31H. The van der Waals surface area contributed by atoms with Crippen molar-refractivity contribution in [2.75, 3.05) is 0 Å². The maximum atomic E-state index is 5.25.